The summed E-state index contributed by atoms with van der Waals surface area (Å²) in [7, 11) is 1.93. The SMILES string of the molecule is Cn1cc(CNc2cc3ccccc3c(Cl)n2)c(-c2ccccc2)n1. The predicted octanol–water partition coefficient (Wildman–Crippen LogP) is 4.90. The van der Waals surface area contributed by atoms with Crippen molar-refractivity contribution in [3.63, 3.8) is 0 Å². The van der Waals surface area contributed by atoms with Crippen LogP contribution in [0, 0.1) is 0 Å². The summed E-state index contributed by atoms with van der Waals surface area (Å²) in [5, 5.41) is 10.5. The van der Waals surface area contributed by atoms with Crippen LogP contribution in [0.2, 0.25) is 5.15 Å². The van der Waals surface area contributed by atoms with Crippen molar-refractivity contribution in [1.82, 2.24) is 14.8 Å². The van der Waals surface area contributed by atoms with Crippen molar-refractivity contribution in [2.45, 2.75) is 6.54 Å². The maximum absolute atomic E-state index is 6.31. The molecule has 1 N–H and O–H groups in total. The molecule has 0 radical (unpaired) electrons. The fourth-order valence-electron chi connectivity index (χ4n) is 2.94. The van der Waals surface area contributed by atoms with Crippen LogP contribution in [0.1, 0.15) is 5.56 Å². The van der Waals surface area contributed by atoms with Crippen molar-refractivity contribution in [3.8, 4) is 11.3 Å². The maximum atomic E-state index is 6.31. The highest BCUT2D eigenvalue weighted by Crippen LogP contribution is 2.26. The van der Waals surface area contributed by atoms with E-state index in [1.54, 1.807) is 0 Å². The molecular formula is C20H17ClN4. The van der Waals surface area contributed by atoms with E-state index in [4.69, 9.17) is 11.6 Å². The molecule has 4 aromatic rings. The summed E-state index contributed by atoms with van der Waals surface area (Å²) in [6, 6.07) is 20.2. The van der Waals surface area contributed by atoms with Gasteiger partial charge in [0.15, 0.2) is 0 Å². The summed E-state index contributed by atoms with van der Waals surface area (Å²) < 4.78 is 1.83. The Labute approximate surface area is 151 Å². The van der Waals surface area contributed by atoms with E-state index in [0.717, 1.165) is 33.4 Å². The molecule has 0 saturated heterocycles. The molecule has 25 heavy (non-hydrogen) atoms. The number of rotatable bonds is 4. The predicted molar refractivity (Wildman–Crippen MR) is 103 cm³/mol. The number of anilines is 1. The number of nitrogens with zero attached hydrogens (tertiary/aromatic N) is 3. The monoisotopic (exact) mass is 348 g/mol. The Morgan fingerprint density at radius 3 is 2.64 bits per heavy atom. The van der Waals surface area contributed by atoms with Crippen molar-refractivity contribution in [1.29, 1.82) is 0 Å². The van der Waals surface area contributed by atoms with E-state index in [2.05, 4.69) is 27.5 Å². The first kappa shape index (κ1) is 15.7. The van der Waals surface area contributed by atoms with Crippen molar-refractivity contribution in [2.75, 3.05) is 5.32 Å². The van der Waals surface area contributed by atoms with Gasteiger partial charge in [-0.2, -0.15) is 5.10 Å². The first-order valence-corrected chi connectivity index (χ1v) is 8.45. The lowest BCUT2D eigenvalue weighted by molar-refractivity contribution is 0.770. The van der Waals surface area contributed by atoms with Crippen molar-refractivity contribution in [2.24, 2.45) is 7.05 Å². The Kier molecular flexibility index (Phi) is 4.12. The molecule has 0 fully saturated rings. The van der Waals surface area contributed by atoms with Crippen LogP contribution in [0.25, 0.3) is 22.0 Å². The van der Waals surface area contributed by atoms with Gasteiger partial charge in [-0.25, -0.2) is 4.98 Å². The molecule has 2 aromatic carbocycles. The van der Waals surface area contributed by atoms with Gasteiger partial charge in [0.1, 0.15) is 11.0 Å². The van der Waals surface area contributed by atoms with Crippen LogP contribution < -0.4 is 5.32 Å². The Morgan fingerprint density at radius 1 is 1.04 bits per heavy atom. The minimum Gasteiger partial charge on any atom is -0.366 e. The molecule has 5 heteroatoms. The van der Waals surface area contributed by atoms with E-state index in [9.17, 15) is 0 Å². The van der Waals surface area contributed by atoms with E-state index >= 15 is 0 Å². The van der Waals surface area contributed by atoms with Crippen molar-refractivity contribution < 1.29 is 0 Å². The second kappa shape index (κ2) is 6.57. The van der Waals surface area contributed by atoms with E-state index in [-0.39, 0.29) is 0 Å². The molecular weight excluding hydrogens is 332 g/mol. The first-order valence-electron chi connectivity index (χ1n) is 8.08. The van der Waals surface area contributed by atoms with Crippen LogP contribution in [-0.2, 0) is 13.6 Å². The highest BCUT2D eigenvalue weighted by atomic mass is 35.5. The molecule has 0 atom stereocenters. The lowest BCUT2D eigenvalue weighted by atomic mass is 10.1. The summed E-state index contributed by atoms with van der Waals surface area (Å²) in [5.41, 5.74) is 3.19. The Bertz CT molecular complexity index is 1020. The molecule has 0 amide bonds. The second-order valence-corrected chi connectivity index (χ2v) is 6.27. The fraction of sp³-hybridized carbons (Fsp3) is 0.100. The minimum atomic E-state index is 0.509. The molecule has 2 heterocycles. The standard InChI is InChI=1S/C20H17ClN4/c1-25-13-16(19(24-25)14-7-3-2-4-8-14)12-22-18-11-15-9-5-6-10-17(15)20(21)23-18/h2-11,13H,12H2,1H3,(H,22,23). The van der Waals surface area contributed by atoms with Crippen LogP contribution >= 0.6 is 11.6 Å². The molecule has 124 valence electrons. The fourth-order valence-corrected chi connectivity index (χ4v) is 3.20. The third-order valence-corrected chi connectivity index (χ3v) is 4.39. The molecule has 2 aromatic heterocycles. The van der Waals surface area contributed by atoms with Gasteiger partial charge in [-0.3, -0.25) is 4.68 Å². The number of fused-ring (bicyclic) bond motifs is 1. The molecule has 0 saturated carbocycles. The summed E-state index contributed by atoms with van der Waals surface area (Å²) >= 11 is 6.31. The zero-order chi connectivity index (χ0) is 17.2. The molecule has 4 nitrogen and oxygen atoms in total. The van der Waals surface area contributed by atoms with Crippen molar-refractivity contribution in [3.05, 3.63) is 77.6 Å². The molecule has 0 unspecified atom stereocenters. The lowest BCUT2D eigenvalue weighted by Gasteiger charge is -2.08. The van der Waals surface area contributed by atoms with E-state index in [1.807, 2.05) is 66.5 Å². The van der Waals surface area contributed by atoms with E-state index < -0.39 is 0 Å². The number of nitrogens with one attached hydrogen (secondary N) is 1. The molecule has 0 bridgehead atoms. The van der Waals surface area contributed by atoms with Gasteiger partial charge in [0.25, 0.3) is 0 Å². The lowest BCUT2D eigenvalue weighted by Crippen LogP contribution is -2.02. The van der Waals surface area contributed by atoms with Crippen LogP contribution in [0.3, 0.4) is 0 Å². The number of hydrogen-bond donors (Lipinski definition) is 1. The average molecular weight is 349 g/mol. The molecule has 0 aliphatic heterocycles. The number of aromatic nitrogens is 3. The number of pyridine rings is 1. The van der Waals surface area contributed by atoms with Gasteiger partial charge >= 0.3 is 0 Å². The third kappa shape index (κ3) is 3.21. The zero-order valence-electron chi connectivity index (χ0n) is 13.8. The Hall–Kier alpha value is -2.85. The summed E-state index contributed by atoms with van der Waals surface area (Å²) in [6.45, 7) is 0.625. The zero-order valence-corrected chi connectivity index (χ0v) is 14.5. The van der Waals surface area contributed by atoms with Gasteiger partial charge in [0.2, 0.25) is 0 Å². The quantitative estimate of drug-likeness (QED) is 0.533. The number of hydrogen-bond acceptors (Lipinski definition) is 3. The summed E-state index contributed by atoms with van der Waals surface area (Å²) in [4.78, 5) is 4.45. The smallest absolute Gasteiger partial charge is 0.139 e. The van der Waals surface area contributed by atoms with Gasteiger partial charge in [-0.05, 0) is 11.5 Å². The molecule has 0 aliphatic rings. The Balaban J connectivity index is 1.62. The van der Waals surface area contributed by atoms with E-state index in [1.165, 1.54) is 0 Å². The van der Waals surface area contributed by atoms with E-state index in [0.29, 0.717) is 11.7 Å². The summed E-state index contributed by atoms with van der Waals surface area (Å²) in [5.74, 6) is 0.756. The third-order valence-electron chi connectivity index (χ3n) is 4.11. The maximum Gasteiger partial charge on any atom is 0.139 e. The normalized spacial score (nSPS) is 11.0. The van der Waals surface area contributed by atoms with Crippen LogP contribution in [-0.4, -0.2) is 14.8 Å². The largest absolute Gasteiger partial charge is 0.366 e. The van der Waals surface area contributed by atoms with Crippen LogP contribution in [0.4, 0.5) is 5.82 Å². The molecule has 0 spiro atoms. The molecule has 0 aliphatic carbocycles. The van der Waals surface area contributed by atoms with Gasteiger partial charge in [0.05, 0.1) is 5.69 Å². The highest BCUT2D eigenvalue weighted by molar-refractivity contribution is 6.34. The topological polar surface area (TPSA) is 42.7 Å². The number of benzene rings is 2. The Morgan fingerprint density at radius 2 is 1.80 bits per heavy atom. The number of aryl methyl sites for hydroxylation is 1. The first-order chi connectivity index (χ1) is 12.2. The highest BCUT2D eigenvalue weighted by Gasteiger charge is 2.10. The van der Waals surface area contributed by atoms with Crippen molar-refractivity contribution >= 4 is 28.2 Å². The van der Waals surface area contributed by atoms with Gasteiger partial charge < -0.3 is 5.32 Å². The minimum absolute atomic E-state index is 0.509. The van der Waals surface area contributed by atoms with Gasteiger partial charge in [-0.1, -0.05) is 66.2 Å². The van der Waals surface area contributed by atoms with Gasteiger partial charge in [0, 0.05) is 36.3 Å². The second-order valence-electron chi connectivity index (χ2n) is 5.92. The van der Waals surface area contributed by atoms with Crippen LogP contribution in [0.15, 0.2) is 66.9 Å². The van der Waals surface area contributed by atoms with Gasteiger partial charge in [-0.15, -0.1) is 0 Å². The summed E-state index contributed by atoms with van der Waals surface area (Å²) in [6.07, 6.45) is 2.03. The molecule has 4 rings (SSSR count). The average Bonchev–Trinajstić information content (AvgIpc) is 3.01. The van der Waals surface area contributed by atoms with Crippen LogP contribution in [0.5, 0.6) is 0 Å². The number of halogens is 1.